The number of halogens is 2. The predicted molar refractivity (Wildman–Crippen MR) is 142 cm³/mol. The standard InChI is InChI=1S/C26H21F2N3O6S2/c1-37-23-8-6-20(7-9-23)29-26(32)17-14-21(30-38(33,34)24-10-2-18(27)3-11-24)16-22(15-17)31-39(35,36)25-12-4-19(28)5-13-25/h2-16,30-31H,1H3,(H,29,32). The van der Waals surface area contributed by atoms with Gasteiger partial charge in [0.1, 0.15) is 17.4 Å². The first-order chi connectivity index (χ1) is 18.4. The summed E-state index contributed by atoms with van der Waals surface area (Å²) in [4.78, 5) is 12.5. The second-order valence-electron chi connectivity index (χ2n) is 8.10. The molecule has 0 aliphatic carbocycles. The van der Waals surface area contributed by atoms with Gasteiger partial charge in [-0.2, -0.15) is 0 Å². The minimum Gasteiger partial charge on any atom is -0.497 e. The lowest BCUT2D eigenvalue weighted by atomic mass is 10.1. The number of nitrogens with one attached hydrogen (secondary N) is 3. The number of hydrogen-bond donors (Lipinski definition) is 3. The van der Waals surface area contributed by atoms with Crippen LogP contribution in [0.15, 0.2) is 101 Å². The van der Waals surface area contributed by atoms with Crippen molar-refractivity contribution in [2.75, 3.05) is 21.9 Å². The maximum absolute atomic E-state index is 13.3. The Morgan fingerprint density at radius 2 is 1.08 bits per heavy atom. The maximum Gasteiger partial charge on any atom is 0.261 e. The van der Waals surface area contributed by atoms with Gasteiger partial charge in [-0.15, -0.1) is 0 Å². The lowest BCUT2D eigenvalue weighted by molar-refractivity contribution is 0.102. The maximum atomic E-state index is 13.3. The highest BCUT2D eigenvalue weighted by molar-refractivity contribution is 7.93. The molecule has 0 heterocycles. The van der Waals surface area contributed by atoms with Crippen LogP contribution in [0.4, 0.5) is 25.8 Å². The number of anilines is 3. The lowest BCUT2D eigenvalue weighted by Gasteiger charge is -2.14. The van der Waals surface area contributed by atoms with Crippen molar-refractivity contribution in [3.05, 3.63) is 108 Å². The third kappa shape index (κ3) is 6.89. The summed E-state index contributed by atoms with van der Waals surface area (Å²) in [5.74, 6) is -1.39. The van der Waals surface area contributed by atoms with E-state index in [-0.39, 0.29) is 26.7 Å². The molecule has 4 rings (SSSR count). The van der Waals surface area contributed by atoms with Gasteiger partial charge in [0.2, 0.25) is 0 Å². The first-order valence-corrected chi connectivity index (χ1v) is 14.1. The van der Waals surface area contributed by atoms with E-state index in [1.807, 2.05) is 0 Å². The summed E-state index contributed by atoms with van der Waals surface area (Å²) >= 11 is 0. The van der Waals surface area contributed by atoms with Crippen LogP contribution in [0.2, 0.25) is 0 Å². The molecule has 4 aromatic rings. The van der Waals surface area contributed by atoms with E-state index in [9.17, 15) is 30.4 Å². The average molecular weight is 574 g/mol. The van der Waals surface area contributed by atoms with Gasteiger partial charge in [0.25, 0.3) is 26.0 Å². The fourth-order valence-corrected chi connectivity index (χ4v) is 5.49. The summed E-state index contributed by atoms with van der Waals surface area (Å²) < 4.78 is 87.7. The van der Waals surface area contributed by atoms with E-state index in [2.05, 4.69) is 14.8 Å². The Bertz CT molecular complexity index is 1620. The van der Waals surface area contributed by atoms with Crippen molar-refractivity contribution in [3.63, 3.8) is 0 Å². The van der Waals surface area contributed by atoms with Crippen LogP contribution >= 0.6 is 0 Å². The molecular formula is C26H21F2N3O6S2. The Morgan fingerprint density at radius 1 is 0.641 bits per heavy atom. The SMILES string of the molecule is COc1ccc(NC(=O)c2cc(NS(=O)(=O)c3ccc(F)cc3)cc(NS(=O)(=O)c3ccc(F)cc3)c2)cc1. The number of amides is 1. The zero-order valence-corrected chi connectivity index (χ0v) is 21.8. The average Bonchev–Trinajstić information content (AvgIpc) is 2.89. The molecule has 0 radical (unpaired) electrons. The molecule has 202 valence electrons. The van der Waals surface area contributed by atoms with Crippen molar-refractivity contribution in [3.8, 4) is 5.75 Å². The topological polar surface area (TPSA) is 131 Å². The monoisotopic (exact) mass is 573 g/mol. The molecule has 0 atom stereocenters. The third-order valence-electron chi connectivity index (χ3n) is 5.30. The Labute approximate surface area is 223 Å². The molecule has 3 N–H and O–H groups in total. The molecule has 0 unspecified atom stereocenters. The molecule has 4 aromatic carbocycles. The molecule has 0 aromatic heterocycles. The minimum atomic E-state index is -4.24. The lowest BCUT2D eigenvalue weighted by Crippen LogP contribution is -2.17. The molecule has 0 fully saturated rings. The molecule has 0 spiro atoms. The summed E-state index contributed by atoms with van der Waals surface area (Å²) in [5, 5.41) is 2.63. The number of carbonyl (C=O) groups is 1. The fraction of sp³-hybridized carbons (Fsp3) is 0.0385. The molecule has 0 aliphatic heterocycles. The van der Waals surface area contributed by atoms with Crippen LogP contribution in [0.25, 0.3) is 0 Å². The summed E-state index contributed by atoms with van der Waals surface area (Å²) in [6, 6.07) is 18.0. The van der Waals surface area contributed by atoms with Crippen LogP contribution in [0.1, 0.15) is 10.4 Å². The summed E-state index contributed by atoms with van der Waals surface area (Å²) in [6.45, 7) is 0. The van der Waals surface area contributed by atoms with Gasteiger partial charge in [-0.1, -0.05) is 0 Å². The largest absolute Gasteiger partial charge is 0.497 e. The highest BCUT2D eigenvalue weighted by Crippen LogP contribution is 2.26. The quantitative estimate of drug-likeness (QED) is 0.263. The third-order valence-corrected chi connectivity index (χ3v) is 8.09. The summed E-state index contributed by atoms with van der Waals surface area (Å²) in [7, 11) is -6.99. The highest BCUT2D eigenvalue weighted by atomic mass is 32.2. The van der Waals surface area contributed by atoms with Gasteiger partial charge in [0, 0.05) is 11.3 Å². The number of sulfonamides is 2. The van der Waals surface area contributed by atoms with E-state index in [0.717, 1.165) is 54.6 Å². The number of methoxy groups -OCH3 is 1. The van der Waals surface area contributed by atoms with Crippen LogP contribution in [0.3, 0.4) is 0 Å². The van der Waals surface area contributed by atoms with Crippen LogP contribution < -0.4 is 19.5 Å². The van der Waals surface area contributed by atoms with E-state index >= 15 is 0 Å². The van der Waals surface area contributed by atoms with Crippen LogP contribution in [0.5, 0.6) is 5.75 Å². The smallest absolute Gasteiger partial charge is 0.261 e. The van der Waals surface area contributed by atoms with Crippen molar-refractivity contribution in [1.29, 1.82) is 0 Å². The van der Waals surface area contributed by atoms with Gasteiger partial charge in [0.05, 0.1) is 28.3 Å². The van der Waals surface area contributed by atoms with E-state index in [1.165, 1.54) is 19.2 Å². The van der Waals surface area contributed by atoms with Crippen LogP contribution in [0, 0.1) is 11.6 Å². The number of carbonyl (C=O) groups excluding carboxylic acids is 1. The van der Waals surface area contributed by atoms with Crippen LogP contribution in [-0.2, 0) is 20.0 Å². The van der Waals surface area contributed by atoms with E-state index in [0.29, 0.717) is 11.4 Å². The Morgan fingerprint density at radius 3 is 1.49 bits per heavy atom. The fourth-order valence-electron chi connectivity index (χ4n) is 3.41. The molecule has 39 heavy (non-hydrogen) atoms. The van der Waals surface area contributed by atoms with Crippen molar-refractivity contribution in [1.82, 2.24) is 0 Å². The minimum absolute atomic E-state index is 0.0954. The highest BCUT2D eigenvalue weighted by Gasteiger charge is 2.20. The number of benzene rings is 4. The number of ether oxygens (including phenoxy) is 1. The zero-order valence-electron chi connectivity index (χ0n) is 20.2. The molecule has 1 amide bonds. The first kappa shape index (κ1) is 27.5. The van der Waals surface area contributed by atoms with Crippen molar-refractivity contribution in [2.45, 2.75) is 9.79 Å². The summed E-state index contributed by atoms with van der Waals surface area (Å²) in [5.41, 5.74) is -0.00880. The van der Waals surface area contributed by atoms with Crippen molar-refractivity contribution in [2.24, 2.45) is 0 Å². The molecule has 0 aliphatic rings. The number of hydrogen-bond acceptors (Lipinski definition) is 6. The summed E-state index contributed by atoms with van der Waals surface area (Å²) in [6.07, 6.45) is 0. The Hall–Kier alpha value is -4.49. The van der Waals surface area contributed by atoms with Gasteiger partial charge in [-0.3, -0.25) is 14.2 Å². The molecule has 0 bridgehead atoms. The van der Waals surface area contributed by atoms with Gasteiger partial charge >= 0.3 is 0 Å². The number of rotatable bonds is 9. The van der Waals surface area contributed by atoms with Gasteiger partial charge < -0.3 is 10.1 Å². The zero-order chi connectivity index (χ0) is 28.2. The van der Waals surface area contributed by atoms with E-state index in [1.54, 1.807) is 24.3 Å². The second-order valence-corrected chi connectivity index (χ2v) is 11.5. The van der Waals surface area contributed by atoms with Crippen molar-refractivity contribution < 1.29 is 35.1 Å². The molecular weight excluding hydrogens is 552 g/mol. The molecule has 9 nitrogen and oxygen atoms in total. The van der Waals surface area contributed by atoms with Crippen molar-refractivity contribution >= 4 is 43.0 Å². The van der Waals surface area contributed by atoms with E-state index < -0.39 is 37.6 Å². The predicted octanol–water partition coefficient (Wildman–Crippen LogP) is 4.83. The van der Waals surface area contributed by atoms with Gasteiger partial charge in [-0.05, 0) is 91.0 Å². The van der Waals surface area contributed by atoms with Crippen LogP contribution in [-0.4, -0.2) is 29.9 Å². The molecule has 0 saturated heterocycles. The first-order valence-electron chi connectivity index (χ1n) is 11.1. The normalized spacial score (nSPS) is 11.5. The van der Waals surface area contributed by atoms with Gasteiger partial charge in [-0.25, -0.2) is 25.6 Å². The second kappa shape index (κ2) is 11.1. The Balaban J connectivity index is 1.70. The van der Waals surface area contributed by atoms with Gasteiger partial charge in [0.15, 0.2) is 0 Å². The van der Waals surface area contributed by atoms with E-state index in [4.69, 9.17) is 4.74 Å². The molecule has 0 saturated carbocycles. The Kier molecular flexibility index (Phi) is 7.83. The molecule has 13 heteroatoms.